The Balaban J connectivity index is 1.61. The number of amides is 2. The lowest BCUT2D eigenvalue weighted by molar-refractivity contribution is -0.128. The summed E-state index contributed by atoms with van der Waals surface area (Å²) in [6, 6.07) is 9.53. The van der Waals surface area contributed by atoms with Crippen LogP contribution in [0.25, 0.3) is 0 Å². The van der Waals surface area contributed by atoms with Crippen LogP contribution in [0.4, 0.5) is 0 Å². The van der Waals surface area contributed by atoms with Gasteiger partial charge in [0.1, 0.15) is 0 Å². The van der Waals surface area contributed by atoms with Crippen molar-refractivity contribution < 1.29 is 9.59 Å². The van der Waals surface area contributed by atoms with Gasteiger partial charge in [-0.2, -0.15) is 0 Å². The highest BCUT2D eigenvalue weighted by Gasteiger charge is 2.39. The lowest BCUT2D eigenvalue weighted by atomic mass is 10.2. The molecule has 2 aliphatic rings. The van der Waals surface area contributed by atoms with E-state index in [1.54, 1.807) is 12.1 Å². The minimum Gasteiger partial charge on any atom is -0.347 e. The Morgan fingerprint density at radius 1 is 1.22 bits per heavy atom. The Morgan fingerprint density at radius 3 is 2.61 bits per heavy atom. The second kappa shape index (κ2) is 4.44. The summed E-state index contributed by atoms with van der Waals surface area (Å²) in [5.41, 5.74) is 0.648. The molecule has 1 heterocycles. The first-order chi connectivity index (χ1) is 8.74. The molecule has 0 aromatic heterocycles. The van der Waals surface area contributed by atoms with Crippen molar-refractivity contribution in [2.45, 2.75) is 31.3 Å². The molecule has 1 aliphatic carbocycles. The van der Waals surface area contributed by atoms with Gasteiger partial charge in [0.25, 0.3) is 5.91 Å². The van der Waals surface area contributed by atoms with Crippen LogP contribution in [-0.4, -0.2) is 35.3 Å². The van der Waals surface area contributed by atoms with Gasteiger partial charge in [-0.1, -0.05) is 18.2 Å². The van der Waals surface area contributed by atoms with Gasteiger partial charge in [-0.25, -0.2) is 0 Å². The van der Waals surface area contributed by atoms with Gasteiger partial charge in [0.2, 0.25) is 5.91 Å². The van der Waals surface area contributed by atoms with E-state index in [9.17, 15) is 9.59 Å². The number of carbonyl (C=O) groups excluding carboxylic acids is 2. The molecule has 1 unspecified atom stereocenters. The highest BCUT2D eigenvalue weighted by molar-refractivity contribution is 5.95. The Hall–Kier alpha value is -1.84. The fraction of sp³-hybridized carbons (Fsp3) is 0.429. The summed E-state index contributed by atoms with van der Waals surface area (Å²) in [4.78, 5) is 25.6. The summed E-state index contributed by atoms with van der Waals surface area (Å²) in [6.07, 6.45) is 2.67. The van der Waals surface area contributed by atoms with Crippen LogP contribution in [0.3, 0.4) is 0 Å². The second-order valence-electron chi connectivity index (χ2n) is 5.02. The zero-order valence-corrected chi connectivity index (χ0v) is 10.1. The van der Waals surface area contributed by atoms with Crippen LogP contribution in [0.1, 0.15) is 29.6 Å². The maximum absolute atomic E-state index is 12.0. The SMILES string of the molecule is O=C(NC1CC(=O)N(C2CC2)C1)c1ccccc1. The Morgan fingerprint density at radius 2 is 1.94 bits per heavy atom. The van der Waals surface area contributed by atoms with Crippen LogP contribution in [0.15, 0.2) is 30.3 Å². The zero-order valence-electron chi connectivity index (χ0n) is 10.1. The molecule has 1 N–H and O–H groups in total. The Kier molecular flexibility index (Phi) is 2.78. The summed E-state index contributed by atoms with van der Waals surface area (Å²) in [5, 5.41) is 2.94. The second-order valence-corrected chi connectivity index (χ2v) is 5.02. The highest BCUT2D eigenvalue weighted by atomic mass is 16.2. The normalized spacial score (nSPS) is 23.2. The number of rotatable bonds is 3. The minimum atomic E-state index is -0.0916. The Labute approximate surface area is 106 Å². The molecule has 94 valence electrons. The van der Waals surface area contributed by atoms with Gasteiger partial charge in [-0.15, -0.1) is 0 Å². The van der Waals surface area contributed by atoms with E-state index in [0.717, 1.165) is 12.8 Å². The summed E-state index contributed by atoms with van der Waals surface area (Å²) in [5.74, 6) is 0.0851. The quantitative estimate of drug-likeness (QED) is 0.868. The lowest BCUT2D eigenvalue weighted by Crippen LogP contribution is -2.37. The molecule has 4 heteroatoms. The lowest BCUT2D eigenvalue weighted by Gasteiger charge is -2.16. The zero-order chi connectivity index (χ0) is 12.5. The third-order valence-corrected chi connectivity index (χ3v) is 3.52. The molecule has 2 fully saturated rings. The van der Waals surface area contributed by atoms with Crippen molar-refractivity contribution in [1.29, 1.82) is 0 Å². The predicted molar refractivity (Wildman–Crippen MR) is 67.0 cm³/mol. The third kappa shape index (κ3) is 2.23. The van der Waals surface area contributed by atoms with E-state index < -0.39 is 0 Å². The summed E-state index contributed by atoms with van der Waals surface area (Å²) < 4.78 is 0. The molecular formula is C14H16N2O2. The van der Waals surface area contributed by atoms with Crippen molar-refractivity contribution in [2.75, 3.05) is 6.54 Å². The summed E-state index contributed by atoms with van der Waals surface area (Å²) in [7, 11) is 0. The maximum atomic E-state index is 12.0. The molecule has 1 aliphatic heterocycles. The van der Waals surface area contributed by atoms with E-state index in [0.29, 0.717) is 24.6 Å². The number of benzene rings is 1. The Bertz CT molecular complexity index is 468. The molecule has 1 aromatic rings. The monoisotopic (exact) mass is 244 g/mol. The van der Waals surface area contributed by atoms with E-state index in [4.69, 9.17) is 0 Å². The van der Waals surface area contributed by atoms with Crippen molar-refractivity contribution in [2.24, 2.45) is 0 Å². The van der Waals surface area contributed by atoms with Crippen molar-refractivity contribution in [3.05, 3.63) is 35.9 Å². The summed E-state index contributed by atoms with van der Waals surface area (Å²) in [6.45, 7) is 0.669. The van der Waals surface area contributed by atoms with Gasteiger partial charge in [0.05, 0.1) is 6.04 Å². The van der Waals surface area contributed by atoms with Gasteiger partial charge in [0.15, 0.2) is 0 Å². The van der Waals surface area contributed by atoms with Crippen LogP contribution in [0.5, 0.6) is 0 Å². The van der Waals surface area contributed by atoms with Crippen LogP contribution in [-0.2, 0) is 4.79 Å². The average Bonchev–Trinajstić information content (AvgIpc) is 3.15. The number of carbonyl (C=O) groups is 2. The molecule has 0 bridgehead atoms. The third-order valence-electron chi connectivity index (χ3n) is 3.52. The molecule has 18 heavy (non-hydrogen) atoms. The van der Waals surface area contributed by atoms with E-state index in [-0.39, 0.29) is 17.9 Å². The van der Waals surface area contributed by atoms with Crippen molar-refractivity contribution >= 4 is 11.8 Å². The minimum absolute atomic E-state index is 0.0363. The molecule has 0 spiro atoms. The molecule has 1 saturated heterocycles. The number of nitrogens with one attached hydrogen (secondary N) is 1. The van der Waals surface area contributed by atoms with Crippen LogP contribution in [0.2, 0.25) is 0 Å². The van der Waals surface area contributed by atoms with Crippen molar-refractivity contribution in [3.8, 4) is 0 Å². The first-order valence-corrected chi connectivity index (χ1v) is 6.39. The number of hydrogen-bond acceptors (Lipinski definition) is 2. The molecule has 1 atom stereocenters. The van der Waals surface area contributed by atoms with E-state index in [1.165, 1.54) is 0 Å². The maximum Gasteiger partial charge on any atom is 0.251 e. The van der Waals surface area contributed by atoms with Crippen LogP contribution < -0.4 is 5.32 Å². The largest absolute Gasteiger partial charge is 0.347 e. The predicted octanol–water partition coefficient (Wildman–Crippen LogP) is 1.18. The number of hydrogen-bond donors (Lipinski definition) is 1. The van der Waals surface area contributed by atoms with Gasteiger partial charge in [-0.05, 0) is 25.0 Å². The van der Waals surface area contributed by atoms with Gasteiger partial charge >= 0.3 is 0 Å². The molecule has 1 saturated carbocycles. The summed E-state index contributed by atoms with van der Waals surface area (Å²) >= 11 is 0. The van der Waals surface area contributed by atoms with E-state index in [1.807, 2.05) is 23.1 Å². The van der Waals surface area contributed by atoms with Crippen molar-refractivity contribution in [1.82, 2.24) is 10.2 Å². The van der Waals surface area contributed by atoms with E-state index >= 15 is 0 Å². The standard InChI is InChI=1S/C14H16N2O2/c17-13-8-11(9-16(13)12-6-7-12)15-14(18)10-4-2-1-3-5-10/h1-5,11-12H,6-9H2,(H,15,18). The highest BCUT2D eigenvalue weighted by Crippen LogP contribution is 2.30. The fourth-order valence-electron chi connectivity index (χ4n) is 2.43. The molecule has 3 rings (SSSR count). The number of nitrogens with zero attached hydrogens (tertiary/aromatic N) is 1. The molecule has 1 aromatic carbocycles. The molecule has 4 nitrogen and oxygen atoms in total. The fourth-order valence-corrected chi connectivity index (χ4v) is 2.43. The molecule has 2 amide bonds. The van der Waals surface area contributed by atoms with Crippen molar-refractivity contribution in [3.63, 3.8) is 0 Å². The average molecular weight is 244 g/mol. The van der Waals surface area contributed by atoms with Gasteiger partial charge < -0.3 is 10.2 Å². The van der Waals surface area contributed by atoms with E-state index in [2.05, 4.69) is 5.32 Å². The molecule has 0 radical (unpaired) electrons. The smallest absolute Gasteiger partial charge is 0.251 e. The van der Waals surface area contributed by atoms with Gasteiger partial charge in [0, 0.05) is 24.6 Å². The number of likely N-dealkylation sites (tertiary alicyclic amines) is 1. The van der Waals surface area contributed by atoms with Crippen LogP contribution >= 0.6 is 0 Å². The first-order valence-electron chi connectivity index (χ1n) is 6.39. The first kappa shape index (κ1) is 11.3. The topological polar surface area (TPSA) is 49.4 Å². The van der Waals surface area contributed by atoms with Crippen LogP contribution in [0, 0.1) is 0 Å². The van der Waals surface area contributed by atoms with Gasteiger partial charge in [-0.3, -0.25) is 9.59 Å². The molecular weight excluding hydrogens is 228 g/mol.